The number of aromatic nitrogens is 2. The molecule has 1 atom stereocenters. The topological polar surface area (TPSA) is 25.8 Å². The number of benzene rings is 3. The lowest BCUT2D eigenvalue weighted by Crippen LogP contribution is -2.07. The fraction of sp³-hybridized carbons (Fsp3) is 0.226. The molecule has 0 N–H and O–H groups in total. The van der Waals surface area contributed by atoms with Crippen LogP contribution in [0.4, 0.5) is 0 Å². The summed E-state index contributed by atoms with van der Waals surface area (Å²) in [6.07, 6.45) is 0. The van der Waals surface area contributed by atoms with Crippen LogP contribution in [-0.2, 0) is 0 Å². The zero-order valence-corrected chi connectivity index (χ0v) is 20.3. The molecule has 1 aliphatic carbocycles. The average molecular weight is 431 g/mol. The highest BCUT2D eigenvalue weighted by Gasteiger charge is 2.33. The van der Waals surface area contributed by atoms with E-state index >= 15 is 0 Å². The van der Waals surface area contributed by atoms with Crippen LogP contribution >= 0.6 is 0 Å². The molecule has 2 heteroatoms. The first-order chi connectivity index (χ1) is 15.8. The van der Waals surface area contributed by atoms with Crippen LogP contribution in [0.15, 0.2) is 66.7 Å². The first kappa shape index (κ1) is 21.3. The summed E-state index contributed by atoms with van der Waals surface area (Å²) in [6.45, 7) is 13.0. The van der Waals surface area contributed by atoms with Crippen LogP contribution in [0.5, 0.6) is 0 Å². The molecule has 0 saturated heterocycles. The molecule has 164 valence electrons. The molecule has 33 heavy (non-hydrogen) atoms. The van der Waals surface area contributed by atoms with Crippen molar-refractivity contribution in [1.29, 1.82) is 0 Å². The van der Waals surface area contributed by atoms with Crippen molar-refractivity contribution in [3.8, 4) is 11.4 Å². The van der Waals surface area contributed by atoms with Crippen molar-refractivity contribution < 1.29 is 0 Å². The predicted octanol–water partition coefficient (Wildman–Crippen LogP) is 7.76. The highest BCUT2D eigenvalue weighted by atomic mass is 14.9. The number of allylic oxidation sites excluding steroid dienone is 2. The zero-order valence-electron chi connectivity index (χ0n) is 20.3. The average Bonchev–Trinajstić information content (AvgIpc) is 3.05. The summed E-state index contributed by atoms with van der Waals surface area (Å²) in [7, 11) is 0. The number of rotatable bonds is 3. The molecule has 0 aliphatic heterocycles. The van der Waals surface area contributed by atoms with Gasteiger partial charge in [-0.3, -0.25) is 0 Å². The predicted molar refractivity (Wildman–Crippen MR) is 138 cm³/mol. The molecule has 0 fully saturated rings. The van der Waals surface area contributed by atoms with Crippen molar-refractivity contribution in [2.75, 3.05) is 0 Å². The van der Waals surface area contributed by atoms with E-state index in [0.717, 1.165) is 22.8 Å². The number of nitrogens with zero attached hydrogens (tertiary/aromatic N) is 2. The van der Waals surface area contributed by atoms with E-state index in [1.54, 1.807) is 0 Å². The van der Waals surface area contributed by atoms with Crippen LogP contribution < -0.4 is 0 Å². The quantitative estimate of drug-likeness (QED) is 0.332. The van der Waals surface area contributed by atoms with Gasteiger partial charge in [0.25, 0.3) is 0 Å². The standard InChI is InChI=1S/C31H30N2/c1-18-11-7-8-12-25(18)29-23(6)26-13-9-10-14-27(26)30(29)28-19(2)15-24(16-20(28)3)31-32-21(4)17-22(5)33-31/h7-17,30H,1-6H3. The third-order valence-electron chi connectivity index (χ3n) is 6.93. The molecule has 0 bridgehead atoms. The van der Waals surface area contributed by atoms with Gasteiger partial charge in [0, 0.05) is 22.9 Å². The summed E-state index contributed by atoms with van der Waals surface area (Å²) >= 11 is 0. The Morgan fingerprint density at radius 1 is 0.606 bits per heavy atom. The number of aryl methyl sites for hydroxylation is 5. The summed E-state index contributed by atoms with van der Waals surface area (Å²) in [6, 6.07) is 24.2. The highest BCUT2D eigenvalue weighted by Crippen LogP contribution is 2.52. The maximum absolute atomic E-state index is 4.72. The second kappa shape index (κ2) is 8.12. The van der Waals surface area contributed by atoms with Gasteiger partial charge in [0.1, 0.15) is 0 Å². The molecule has 0 radical (unpaired) electrons. The number of hydrogen-bond donors (Lipinski definition) is 0. The Balaban J connectivity index is 1.73. The fourth-order valence-electron chi connectivity index (χ4n) is 5.55. The molecule has 1 heterocycles. The SMILES string of the molecule is CC1=C(c2ccccc2C)C(c2c(C)cc(-c3nc(C)cc(C)n3)cc2C)c2ccccc21. The molecular formula is C31H30N2. The summed E-state index contributed by atoms with van der Waals surface area (Å²) in [4.78, 5) is 9.43. The van der Waals surface area contributed by atoms with Crippen molar-refractivity contribution in [1.82, 2.24) is 9.97 Å². The van der Waals surface area contributed by atoms with E-state index in [2.05, 4.69) is 88.4 Å². The lowest BCUT2D eigenvalue weighted by molar-refractivity contribution is 1.01. The van der Waals surface area contributed by atoms with E-state index in [0.29, 0.717) is 0 Å². The van der Waals surface area contributed by atoms with Gasteiger partial charge < -0.3 is 0 Å². The molecule has 0 saturated carbocycles. The summed E-state index contributed by atoms with van der Waals surface area (Å²) < 4.78 is 0. The van der Waals surface area contributed by atoms with E-state index in [1.807, 2.05) is 19.9 Å². The molecule has 1 aliphatic rings. The Bertz CT molecular complexity index is 1380. The van der Waals surface area contributed by atoms with Gasteiger partial charge in [-0.15, -0.1) is 0 Å². The monoisotopic (exact) mass is 430 g/mol. The lowest BCUT2D eigenvalue weighted by atomic mass is 9.79. The van der Waals surface area contributed by atoms with E-state index in [-0.39, 0.29) is 5.92 Å². The van der Waals surface area contributed by atoms with Gasteiger partial charge in [-0.25, -0.2) is 9.97 Å². The molecule has 0 spiro atoms. The Morgan fingerprint density at radius 2 is 1.18 bits per heavy atom. The van der Waals surface area contributed by atoms with E-state index < -0.39 is 0 Å². The lowest BCUT2D eigenvalue weighted by Gasteiger charge is -2.24. The molecule has 1 unspecified atom stereocenters. The molecule has 1 aromatic heterocycles. The second-order valence-corrected chi connectivity index (χ2v) is 9.37. The zero-order chi connectivity index (χ0) is 23.3. The van der Waals surface area contributed by atoms with Crippen molar-refractivity contribution in [2.24, 2.45) is 0 Å². The van der Waals surface area contributed by atoms with Gasteiger partial charge in [-0.1, -0.05) is 48.5 Å². The summed E-state index contributed by atoms with van der Waals surface area (Å²) in [5.41, 5.74) is 15.3. The van der Waals surface area contributed by atoms with Crippen LogP contribution in [0.25, 0.3) is 22.5 Å². The summed E-state index contributed by atoms with van der Waals surface area (Å²) in [5.74, 6) is 1.03. The van der Waals surface area contributed by atoms with Gasteiger partial charge in [-0.05, 0) is 110 Å². The number of hydrogen-bond acceptors (Lipinski definition) is 2. The van der Waals surface area contributed by atoms with Gasteiger partial charge in [0.15, 0.2) is 5.82 Å². The minimum atomic E-state index is 0.219. The van der Waals surface area contributed by atoms with E-state index in [1.165, 1.54) is 50.1 Å². The largest absolute Gasteiger partial charge is 0.233 e. The van der Waals surface area contributed by atoms with Crippen LogP contribution in [0, 0.1) is 34.6 Å². The summed E-state index contributed by atoms with van der Waals surface area (Å²) in [5, 5.41) is 0. The van der Waals surface area contributed by atoms with Crippen molar-refractivity contribution in [3.63, 3.8) is 0 Å². The van der Waals surface area contributed by atoms with E-state index in [9.17, 15) is 0 Å². The Kier molecular flexibility index (Phi) is 5.25. The van der Waals surface area contributed by atoms with Crippen LogP contribution in [-0.4, -0.2) is 9.97 Å². The fourth-order valence-corrected chi connectivity index (χ4v) is 5.55. The molecule has 0 amide bonds. The van der Waals surface area contributed by atoms with Crippen LogP contribution in [0.2, 0.25) is 0 Å². The second-order valence-electron chi connectivity index (χ2n) is 9.37. The normalized spacial score (nSPS) is 15.2. The first-order valence-electron chi connectivity index (χ1n) is 11.6. The van der Waals surface area contributed by atoms with Crippen molar-refractivity contribution in [2.45, 2.75) is 47.5 Å². The highest BCUT2D eigenvalue weighted by molar-refractivity contribution is 6.01. The van der Waals surface area contributed by atoms with E-state index in [4.69, 9.17) is 9.97 Å². The Labute approximate surface area is 197 Å². The smallest absolute Gasteiger partial charge is 0.159 e. The maximum Gasteiger partial charge on any atom is 0.159 e. The third kappa shape index (κ3) is 3.60. The molecular weight excluding hydrogens is 400 g/mol. The van der Waals surface area contributed by atoms with Gasteiger partial charge >= 0.3 is 0 Å². The van der Waals surface area contributed by atoms with Crippen LogP contribution in [0.1, 0.15) is 63.2 Å². The number of fused-ring (bicyclic) bond motifs is 1. The van der Waals surface area contributed by atoms with Crippen molar-refractivity contribution >= 4 is 11.1 Å². The third-order valence-corrected chi connectivity index (χ3v) is 6.93. The molecule has 3 aromatic carbocycles. The maximum atomic E-state index is 4.72. The van der Waals surface area contributed by atoms with Crippen molar-refractivity contribution in [3.05, 3.63) is 117 Å². The Morgan fingerprint density at radius 3 is 1.82 bits per heavy atom. The molecule has 5 rings (SSSR count). The molecule has 4 aromatic rings. The van der Waals surface area contributed by atoms with Gasteiger partial charge in [0.05, 0.1) is 0 Å². The Hall–Kier alpha value is -3.52. The van der Waals surface area contributed by atoms with Gasteiger partial charge in [-0.2, -0.15) is 0 Å². The minimum Gasteiger partial charge on any atom is -0.233 e. The first-order valence-corrected chi connectivity index (χ1v) is 11.6. The minimum absolute atomic E-state index is 0.219. The van der Waals surface area contributed by atoms with Gasteiger partial charge in [0.2, 0.25) is 0 Å². The van der Waals surface area contributed by atoms with Crippen LogP contribution in [0.3, 0.4) is 0 Å². The molecule has 2 nitrogen and oxygen atoms in total.